The van der Waals surface area contributed by atoms with E-state index in [4.69, 9.17) is 5.73 Å². The van der Waals surface area contributed by atoms with Gasteiger partial charge in [-0.25, -0.2) is 0 Å². The molecule has 4 rings (SSSR count). The molecule has 12 unspecified atom stereocenters. The van der Waals surface area contributed by atoms with Crippen LogP contribution in [-0.2, 0) is 4.79 Å². The van der Waals surface area contributed by atoms with Crippen LogP contribution in [0.5, 0.6) is 0 Å². The fraction of sp³-hybridized carbons (Fsp3) is 0.853. The molecule has 0 spiro atoms. The van der Waals surface area contributed by atoms with Crippen molar-refractivity contribution in [3.05, 3.63) is 24.3 Å². The summed E-state index contributed by atoms with van der Waals surface area (Å²) < 4.78 is 0. The first kappa shape index (κ1) is 33.6. The van der Waals surface area contributed by atoms with Crippen molar-refractivity contribution in [2.75, 3.05) is 6.54 Å². The Morgan fingerprint density at radius 3 is 2.55 bits per heavy atom. The Morgan fingerprint density at radius 2 is 1.83 bits per heavy atom. The van der Waals surface area contributed by atoms with E-state index in [9.17, 15) is 30.3 Å². The highest BCUT2D eigenvalue weighted by molar-refractivity contribution is 5.68. The van der Waals surface area contributed by atoms with Crippen LogP contribution in [0.4, 0.5) is 0 Å². The van der Waals surface area contributed by atoms with Crippen LogP contribution in [0, 0.1) is 41.4 Å². The van der Waals surface area contributed by atoms with Gasteiger partial charge in [0.15, 0.2) is 0 Å². The molecule has 0 bridgehead atoms. The molecule has 42 heavy (non-hydrogen) atoms. The summed E-state index contributed by atoms with van der Waals surface area (Å²) in [6.07, 6.45) is 18.8. The molecule has 0 radical (unpaired) electrons. The first-order valence-electron chi connectivity index (χ1n) is 17.0. The lowest BCUT2D eigenvalue weighted by Gasteiger charge is -2.42. The number of aliphatic hydroxyl groups is 4. The zero-order chi connectivity index (χ0) is 30.3. The van der Waals surface area contributed by atoms with Crippen molar-refractivity contribution in [3.8, 4) is 0 Å². The SMILES string of the molecule is CCCCCC1C=CC(CCCCCC(C(=O)[O-])C(O)C2C=CC3C(CC4CC[NH2+]C(N)C4)CC(O)C3(O)C2)C(O)C1. The molecule has 1 saturated carbocycles. The first-order chi connectivity index (χ1) is 20.1. The number of carbonyl (C=O) groups is 1. The zero-order valence-corrected chi connectivity index (χ0v) is 25.7. The summed E-state index contributed by atoms with van der Waals surface area (Å²) in [6, 6.07) is 0. The maximum absolute atomic E-state index is 12.1. The van der Waals surface area contributed by atoms with Crippen LogP contribution in [-0.4, -0.2) is 63.0 Å². The molecule has 0 aromatic heterocycles. The van der Waals surface area contributed by atoms with E-state index in [2.05, 4.69) is 24.4 Å². The van der Waals surface area contributed by atoms with Crippen LogP contribution in [0.25, 0.3) is 0 Å². The van der Waals surface area contributed by atoms with Crippen molar-refractivity contribution < 1.29 is 35.6 Å². The van der Waals surface area contributed by atoms with Crippen LogP contribution in [0.1, 0.15) is 103 Å². The average Bonchev–Trinajstić information content (AvgIpc) is 3.19. The second-order valence-corrected chi connectivity index (χ2v) is 14.3. The zero-order valence-electron chi connectivity index (χ0n) is 25.7. The molecule has 4 aliphatic rings. The van der Waals surface area contributed by atoms with Gasteiger partial charge in [0.1, 0.15) is 6.17 Å². The number of aliphatic hydroxyl groups excluding tert-OH is 3. The lowest BCUT2D eigenvalue weighted by atomic mass is 9.69. The molecule has 8 heteroatoms. The van der Waals surface area contributed by atoms with Gasteiger partial charge in [-0.3, -0.25) is 5.73 Å². The minimum atomic E-state index is -1.35. The monoisotopic (exact) mass is 590 g/mol. The molecule has 2 fully saturated rings. The summed E-state index contributed by atoms with van der Waals surface area (Å²) in [5.41, 5.74) is 4.79. The van der Waals surface area contributed by atoms with E-state index in [1.165, 1.54) is 19.3 Å². The summed E-state index contributed by atoms with van der Waals surface area (Å²) in [4.78, 5) is 12.1. The van der Waals surface area contributed by atoms with Gasteiger partial charge in [0.2, 0.25) is 0 Å². The van der Waals surface area contributed by atoms with E-state index < -0.39 is 35.6 Å². The van der Waals surface area contributed by atoms with E-state index >= 15 is 0 Å². The Hall–Kier alpha value is -1.29. The van der Waals surface area contributed by atoms with Crippen LogP contribution in [0.3, 0.4) is 0 Å². The summed E-state index contributed by atoms with van der Waals surface area (Å²) >= 11 is 0. The van der Waals surface area contributed by atoms with Crippen LogP contribution in [0.15, 0.2) is 24.3 Å². The Labute approximate surface area is 252 Å². The first-order valence-corrected chi connectivity index (χ1v) is 17.0. The van der Waals surface area contributed by atoms with Gasteiger partial charge in [0, 0.05) is 36.1 Å². The largest absolute Gasteiger partial charge is 0.550 e. The van der Waals surface area contributed by atoms with E-state index in [1.54, 1.807) is 0 Å². The Morgan fingerprint density at radius 1 is 1.05 bits per heavy atom. The van der Waals surface area contributed by atoms with Gasteiger partial charge in [-0.1, -0.05) is 69.8 Å². The Bertz CT molecular complexity index is 912. The number of carboxylic acids is 1. The van der Waals surface area contributed by atoms with E-state index in [-0.39, 0.29) is 36.4 Å². The lowest BCUT2D eigenvalue weighted by Crippen LogP contribution is -2.94. The molecule has 1 saturated heterocycles. The second-order valence-electron chi connectivity index (χ2n) is 14.3. The van der Waals surface area contributed by atoms with E-state index in [0.717, 1.165) is 57.9 Å². The number of fused-ring (bicyclic) bond motifs is 1. The molecule has 1 aliphatic heterocycles. The minimum Gasteiger partial charge on any atom is -0.550 e. The fourth-order valence-electron chi connectivity index (χ4n) is 8.63. The number of carbonyl (C=O) groups excluding carboxylic acids is 1. The van der Waals surface area contributed by atoms with Gasteiger partial charge in [0.25, 0.3) is 0 Å². The topological polar surface area (TPSA) is 164 Å². The summed E-state index contributed by atoms with van der Waals surface area (Å²) in [5.74, 6) is -1.78. The number of hydrogen-bond donors (Lipinski definition) is 6. The summed E-state index contributed by atoms with van der Waals surface area (Å²) in [7, 11) is 0. The third kappa shape index (κ3) is 8.45. The highest BCUT2D eigenvalue weighted by atomic mass is 16.4. The van der Waals surface area contributed by atoms with Crippen molar-refractivity contribution in [1.82, 2.24) is 0 Å². The fourth-order valence-corrected chi connectivity index (χ4v) is 8.63. The molecule has 0 aromatic rings. The quantitative estimate of drug-likeness (QED) is 0.125. The van der Waals surface area contributed by atoms with Gasteiger partial charge >= 0.3 is 0 Å². The molecule has 0 amide bonds. The highest BCUT2D eigenvalue weighted by Gasteiger charge is 2.55. The molecular weight excluding hydrogens is 532 g/mol. The van der Waals surface area contributed by atoms with Crippen molar-refractivity contribution in [2.45, 2.75) is 133 Å². The molecule has 0 aromatic carbocycles. The molecule has 8 nitrogen and oxygen atoms in total. The number of quaternary nitrogens is 1. The molecule has 12 atom stereocenters. The maximum atomic E-state index is 12.1. The number of aliphatic carboxylic acids is 1. The number of rotatable bonds is 15. The van der Waals surface area contributed by atoms with Gasteiger partial charge in [-0.15, -0.1) is 0 Å². The van der Waals surface area contributed by atoms with Crippen molar-refractivity contribution in [1.29, 1.82) is 0 Å². The maximum Gasteiger partial charge on any atom is 0.137 e. The third-order valence-electron chi connectivity index (χ3n) is 11.2. The number of piperidine rings is 1. The molecular formula is C34H58N2O6. The van der Waals surface area contributed by atoms with Crippen LogP contribution in [0.2, 0.25) is 0 Å². The summed E-state index contributed by atoms with van der Waals surface area (Å²) in [6.45, 7) is 3.21. The standard InChI is InChI=1S/C34H58N2O6/c1-2-3-5-8-22-11-12-24(29(37)18-22)9-6-4-7-10-27(33(40)41)32(39)25-13-14-28-26(20-30(38)34(28,42)21-25)17-23-15-16-36-31(35)19-23/h11-14,22-32,36-39,42H,2-10,15-21,35H2,1H3,(H,40,41). The van der Waals surface area contributed by atoms with Gasteiger partial charge in [0.05, 0.1) is 30.5 Å². The van der Waals surface area contributed by atoms with Crippen molar-refractivity contribution in [2.24, 2.45) is 47.2 Å². The third-order valence-corrected chi connectivity index (χ3v) is 11.2. The van der Waals surface area contributed by atoms with Gasteiger partial charge in [-0.05, 0) is 69.1 Å². The molecule has 240 valence electrons. The predicted octanol–water partition coefficient (Wildman–Crippen LogP) is 1.75. The smallest absolute Gasteiger partial charge is 0.137 e. The van der Waals surface area contributed by atoms with Crippen molar-refractivity contribution >= 4 is 5.97 Å². The minimum absolute atomic E-state index is 0.112. The Balaban J connectivity index is 1.24. The van der Waals surface area contributed by atoms with E-state index in [1.807, 2.05) is 12.2 Å². The second kappa shape index (κ2) is 15.6. The molecule has 8 N–H and O–H groups in total. The van der Waals surface area contributed by atoms with Gasteiger partial charge in [-0.2, -0.15) is 0 Å². The summed E-state index contributed by atoms with van der Waals surface area (Å²) in [5, 5.41) is 58.5. The highest BCUT2D eigenvalue weighted by Crippen LogP contribution is 2.51. The number of nitrogens with two attached hydrogens (primary N) is 2. The number of hydrogen-bond acceptors (Lipinski definition) is 7. The Kier molecular flexibility index (Phi) is 12.5. The lowest BCUT2D eigenvalue weighted by molar-refractivity contribution is -0.699. The molecule has 3 aliphatic carbocycles. The predicted molar refractivity (Wildman–Crippen MR) is 160 cm³/mol. The number of carboxylic acid groups (broad SMARTS) is 1. The van der Waals surface area contributed by atoms with Gasteiger partial charge < -0.3 is 35.6 Å². The number of allylic oxidation sites excluding steroid dienone is 1. The van der Waals surface area contributed by atoms with E-state index in [0.29, 0.717) is 31.1 Å². The average molecular weight is 591 g/mol. The van der Waals surface area contributed by atoms with Crippen LogP contribution < -0.4 is 16.2 Å². The van der Waals surface area contributed by atoms with Crippen LogP contribution >= 0.6 is 0 Å². The number of unbranched alkanes of at least 4 members (excludes halogenated alkanes) is 4. The van der Waals surface area contributed by atoms with Crippen molar-refractivity contribution in [3.63, 3.8) is 0 Å². The molecule has 1 heterocycles. The normalized spacial score (nSPS) is 39.6.